The number of esters is 1. The van der Waals surface area contributed by atoms with Crippen LogP contribution in [0.25, 0.3) is 0 Å². The van der Waals surface area contributed by atoms with E-state index in [1.807, 2.05) is 6.92 Å². The summed E-state index contributed by atoms with van der Waals surface area (Å²) in [6.45, 7) is 2.34. The molecule has 0 radical (unpaired) electrons. The van der Waals surface area contributed by atoms with E-state index in [4.69, 9.17) is 4.74 Å². The zero-order valence-electron chi connectivity index (χ0n) is 13.1. The summed E-state index contributed by atoms with van der Waals surface area (Å²) in [5, 5.41) is 14.6. The maximum absolute atomic E-state index is 11.8. The van der Waals surface area contributed by atoms with Gasteiger partial charge in [0.2, 0.25) is 0 Å². The predicted octanol–water partition coefficient (Wildman–Crippen LogP) is 1.97. The number of nitrogens with one attached hydrogen (secondary N) is 1. The van der Waals surface area contributed by atoms with Crippen LogP contribution in [-0.2, 0) is 14.6 Å². The van der Waals surface area contributed by atoms with Crippen molar-refractivity contribution >= 4 is 21.5 Å². The summed E-state index contributed by atoms with van der Waals surface area (Å²) in [6.07, 6.45) is 1.71. The molecule has 1 N–H and O–H groups in total. The Morgan fingerprint density at radius 3 is 2.62 bits per heavy atom. The van der Waals surface area contributed by atoms with Crippen LogP contribution in [0, 0.1) is 10.1 Å². The van der Waals surface area contributed by atoms with Gasteiger partial charge in [0.05, 0.1) is 17.6 Å². The van der Waals surface area contributed by atoms with Crippen molar-refractivity contribution in [2.24, 2.45) is 0 Å². The van der Waals surface area contributed by atoms with Crippen molar-refractivity contribution < 1.29 is 22.9 Å². The van der Waals surface area contributed by atoms with E-state index in [9.17, 15) is 23.3 Å². The molecule has 0 aromatic heterocycles. The van der Waals surface area contributed by atoms with E-state index in [0.29, 0.717) is 17.9 Å². The summed E-state index contributed by atoms with van der Waals surface area (Å²) in [6, 6.07) is 4.80. The van der Waals surface area contributed by atoms with Crippen LogP contribution in [0.2, 0.25) is 0 Å². The molecule has 1 aromatic carbocycles. The van der Waals surface area contributed by atoms with E-state index in [1.54, 1.807) is 12.1 Å². The standard InChI is InChI=1S/C15H18N2O6S/c1-2-3-8-23-15(18)11-4-6-12(7-5-11)16-13-9-24(21,22)10-14(13)17(19)20/h4-7,9,14,16H,2-3,8,10H2,1H3/t14-/m0/s1. The molecule has 1 atom stereocenters. The lowest BCUT2D eigenvalue weighted by molar-refractivity contribution is -0.505. The first-order valence-electron chi connectivity index (χ1n) is 7.44. The van der Waals surface area contributed by atoms with E-state index in [-0.39, 0.29) is 5.70 Å². The maximum Gasteiger partial charge on any atom is 0.338 e. The second-order valence-electron chi connectivity index (χ2n) is 5.40. The first-order valence-corrected chi connectivity index (χ1v) is 9.16. The van der Waals surface area contributed by atoms with Gasteiger partial charge in [-0.1, -0.05) is 13.3 Å². The van der Waals surface area contributed by atoms with Crippen molar-refractivity contribution in [2.45, 2.75) is 25.8 Å². The second-order valence-corrected chi connectivity index (χ2v) is 7.29. The summed E-state index contributed by atoms with van der Waals surface area (Å²) < 4.78 is 28.1. The first-order chi connectivity index (χ1) is 11.3. The van der Waals surface area contributed by atoms with E-state index < -0.39 is 32.5 Å². The molecule has 9 heteroatoms. The van der Waals surface area contributed by atoms with Gasteiger partial charge >= 0.3 is 5.97 Å². The van der Waals surface area contributed by atoms with Crippen molar-refractivity contribution in [1.29, 1.82) is 0 Å². The van der Waals surface area contributed by atoms with Crippen LogP contribution in [-0.4, -0.2) is 37.7 Å². The molecule has 8 nitrogen and oxygen atoms in total. The number of rotatable bonds is 7. The zero-order chi connectivity index (χ0) is 17.7. The van der Waals surface area contributed by atoms with Crippen molar-refractivity contribution in [3.05, 3.63) is 51.0 Å². The number of nitro groups is 1. The fourth-order valence-electron chi connectivity index (χ4n) is 2.17. The zero-order valence-corrected chi connectivity index (χ0v) is 13.9. The number of benzene rings is 1. The third-order valence-corrected chi connectivity index (χ3v) is 4.84. The molecule has 1 heterocycles. The molecule has 0 unspecified atom stereocenters. The van der Waals surface area contributed by atoms with E-state index in [0.717, 1.165) is 18.2 Å². The highest BCUT2D eigenvalue weighted by molar-refractivity contribution is 7.94. The Hall–Kier alpha value is -2.42. The van der Waals surface area contributed by atoms with Gasteiger partial charge in [-0.25, -0.2) is 13.2 Å². The van der Waals surface area contributed by atoms with Crippen LogP contribution in [0.4, 0.5) is 5.69 Å². The summed E-state index contributed by atoms with van der Waals surface area (Å²) >= 11 is 0. The van der Waals surface area contributed by atoms with Crippen LogP contribution in [0.1, 0.15) is 30.1 Å². The molecular weight excluding hydrogens is 336 g/mol. The summed E-state index contributed by atoms with van der Waals surface area (Å²) in [5.74, 6) is -0.995. The molecule has 2 rings (SSSR count). The third kappa shape index (κ3) is 4.54. The Morgan fingerprint density at radius 2 is 2.04 bits per heavy atom. The van der Waals surface area contributed by atoms with Crippen LogP contribution in [0.15, 0.2) is 35.4 Å². The number of unbranched alkanes of at least 4 members (excludes halogenated alkanes) is 1. The normalized spacial score (nSPS) is 18.7. The number of anilines is 1. The monoisotopic (exact) mass is 354 g/mol. The number of hydrogen-bond acceptors (Lipinski definition) is 7. The number of sulfone groups is 1. The van der Waals surface area contributed by atoms with Crippen molar-refractivity contribution in [3.63, 3.8) is 0 Å². The largest absolute Gasteiger partial charge is 0.462 e. The molecule has 0 amide bonds. The molecule has 0 aliphatic carbocycles. The predicted molar refractivity (Wildman–Crippen MR) is 87.9 cm³/mol. The Kier molecular flexibility index (Phi) is 5.55. The van der Waals surface area contributed by atoms with Crippen molar-refractivity contribution in [1.82, 2.24) is 0 Å². The topological polar surface area (TPSA) is 116 Å². The molecule has 1 aliphatic heterocycles. The van der Waals surface area contributed by atoms with Crippen LogP contribution in [0.5, 0.6) is 0 Å². The van der Waals surface area contributed by atoms with Gasteiger partial charge in [0.1, 0.15) is 11.4 Å². The Balaban J connectivity index is 2.06. The average Bonchev–Trinajstić information content (AvgIpc) is 2.83. The number of hydrogen-bond donors (Lipinski definition) is 1. The number of carbonyl (C=O) groups is 1. The van der Waals surface area contributed by atoms with Crippen molar-refractivity contribution in [2.75, 3.05) is 17.7 Å². The highest BCUT2D eigenvalue weighted by atomic mass is 32.2. The third-order valence-electron chi connectivity index (χ3n) is 3.45. The second kappa shape index (κ2) is 7.43. The first kappa shape index (κ1) is 17.9. The number of ether oxygens (including phenoxy) is 1. The molecule has 0 fully saturated rings. The SMILES string of the molecule is CCCCOC(=O)c1ccc(NC2=CS(=O)(=O)C[C@@H]2[N+](=O)[O-])cc1. The summed E-state index contributed by atoms with van der Waals surface area (Å²) in [7, 11) is -3.58. The number of nitrogens with zero attached hydrogens (tertiary/aromatic N) is 1. The minimum Gasteiger partial charge on any atom is -0.462 e. The molecule has 24 heavy (non-hydrogen) atoms. The Morgan fingerprint density at radius 1 is 1.38 bits per heavy atom. The lowest BCUT2D eigenvalue weighted by atomic mass is 10.2. The van der Waals surface area contributed by atoms with Gasteiger partial charge in [-0.15, -0.1) is 0 Å². The highest BCUT2D eigenvalue weighted by Crippen LogP contribution is 2.22. The van der Waals surface area contributed by atoms with Gasteiger partial charge in [-0.05, 0) is 30.7 Å². The average molecular weight is 354 g/mol. The van der Waals surface area contributed by atoms with Gasteiger partial charge in [-0.2, -0.15) is 0 Å². The minimum absolute atomic E-state index is 0.0123. The van der Waals surface area contributed by atoms with Crippen LogP contribution >= 0.6 is 0 Å². The molecule has 0 saturated heterocycles. The van der Waals surface area contributed by atoms with Gasteiger partial charge in [0.25, 0.3) is 6.04 Å². The van der Waals surface area contributed by atoms with Gasteiger partial charge in [0, 0.05) is 10.6 Å². The van der Waals surface area contributed by atoms with Gasteiger partial charge in [-0.3, -0.25) is 10.1 Å². The Bertz CT molecular complexity index is 755. The van der Waals surface area contributed by atoms with E-state index >= 15 is 0 Å². The summed E-state index contributed by atoms with van der Waals surface area (Å²) in [4.78, 5) is 22.1. The lowest BCUT2D eigenvalue weighted by Crippen LogP contribution is -2.27. The van der Waals surface area contributed by atoms with Gasteiger partial charge in [0.15, 0.2) is 9.84 Å². The minimum atomic E-state index is -3.58. The molecular formula is C15H18N2O6S. The lowest BCUT2D eigenvalue weighted by Gasteiger charge is -2.10. The Labute approximate surface area is 139 Å². The molecule has 130 valence electrons. The molecule has 1 aromatic rings. The quantitative estimate of drug-likeness (QED) is 0.344. The highest BCUT2D eigenvalue weighted by Gasteiger charge is 2.38. The molecule has 0 bridgehead atoms. The fourth-order valence-corrected chi connectivity index (χ4v) is 3.61. The van der Waals surface area contributed by atoms with Crippen LogP contribution < -0.4 is 5.32 Å². The van der Waals surface area contributed by atoms with Gasteiger partial charge < -0.3 is 10.1 Å². The molecule has 1 aliphatic rings. The fraction of sp³-hybridized carbons (Fsp3) is 0.400. The molecule has 0 spiro atoms. The summed E-state index contributed by atoms with van der Waals surface area (Å²) in [5.41, 5.74) is 0.823. The number of carbonyl (C=O) groups excluding carboxylic acids is 1. The van der Waals surface area contributed by atoms with E-state index in [2.05, 4.69) is 5.32 Å². The van der Waals surface area contributed by atoms with E-state index in [1.165, 1.54) is 12.1 Å². The molecule has 0 saturated carbocycles. The van der Waals surface area contributed by atoms with Crippen LogP contribution in [0.3, 0.4) is 0 Å². The smallest absolute Gasteiger partial charge is 0.338 e. The van der Waals surface area contributed by atoms with Crippen molar-refractivity contribution in [3.8, 4) is 0 Å². The maximum atomic E-state index is 11.8.